The van der Waals surface area contributed by atoms with Gasteiger partial charge < -0.3 is 24.3 Å². The van der Waals surface area contributed by atoms with E-state index in [4.69, 9.17) is 30.5 Å². The van der Waals surface area contributed by atoms with Crippen LogP contribution in [0.1, 0.15) is 36.7 Å². The minimum absolute atomic E-state index is 0.0688. The average Bonchev–Trinajstić information content (AvgIpc) is 3.14. The number of benzene rings is 2. The third-order valence-corrected chi connectivity index (χ3v) is 4.46. The number of hydrogen-bond donors (Lipinski definition) is 1. The number of anilines is 1. The van der Waals surface area contributed by atoms with Crippen LogP contribution in [-0.2, 0) is 4.79 Å². The van der Waals surface area contributed by atoms with Gasteiger partial charge in [0.1, 0.15) is 0 Å². The summed E-state index contributed by atoms with van der Waals surface area (Å²) in [6, 6.07) is 6.52. The van der Waals surface area contributed by atoms with Gasteiger partial charge in [0.05, 0.1) is 23.9 Å². The van der Waals surface area contributed by atoms with E-state index in [1.165, 1.54) is 20.1 Å². The number of halogens is 1. The van der Waals surface area contributed by atoms with Crippen LogP contribution >= 0.6 is 11.6 Å². The largest absolute Gasteiger partial charge is 0.493 e. The molecule has 8 heteroatoms. The van der Waals surface area contributed by atoms with Gasteiger partial charge in [-0.15, -0.1) is 0 Å². The van der Waals surface area contributed by atoms with Gasteiger partial charge in [-0.25, -0.2) is 0 Å². The van der Waals surface area contributed by atoms with E-state index < -0.39 is 5.91 Å². The third kappa shape index (κ3) is 4.86. The van der Waals surface area contributed by atoms with Gasteiger partial charge >= 0.3 is 0 Å². The van der Waals surface area contributed by atoms with Crippen molar-refractivity contribution in [2.45, 2.75) is 26.9 Å². The highest BCUT2D eigenvalue weighted by Gasteiger charge is 2.20. The van der Waals surface area contributed by atoms with Crippen LogP contribution in [0.25, 0.3) is 6.08 Å². The molecule has 158 valence electrons. The first-order valence-electron chi connectivity index (χ1n) is 9.26. The van der Waals surface area contributed by atoms with E-state index in [-0.39, 0.29) is 18.7 Å². The summed E-state index contributed by atoms with van der Waals surface area (Å²) in [5.41, 5.74) is 1.33. The fourth-order valence-electron chi connectivity index (χ4n) is 2.87. The predicted octanol–water partition coefficient (Wildman–Crippen LogP) is 4.72. The molecule has 0 unspecified atom stereocenters. The highest BCUT2D eigenvalue weighted by molar-refractivity contribution is 6.32. The molecular formula is C22H22ClNO6. The van der Waals surface area contributed by atoms with Gasteiger partial charge in [0, 0.05) is 17.7 Å². The van der Waals surface area contributed by atoms with Crippen molar-refractivity contribution in [3.8, 4) is 23.0 Å². The van der Waals surface area contributed by atoms with E-state index in [9.17, 15) is 9.59 Å². The number of methoxy groups -OCH3 is 1. The van der Waals surface area contributed by atoms with Crippen LogP contribution in [0, 0.1) is 0 Å². The molecule has 2 aromatic rings. The molecule has 0 spiro atoms. The Morgan fingerprint density at radius 1 is 1.17 bits per heavy atom. The van der Waals surface area contributed by atoms with E-state index >= 15 is 0 Å². The molecule has 1 aliphatic heterocycles. The summed E-state index contributed by atoms with van der Waals surface area (Å²) in [6.07, 6.45) is 2.85. The van der Waals surface area contributed by atoms with Crippen molar-refractivity contribution < 1.29 is 28.5 Å². The van der Waals surface area contributed by atoms with Crippen molar-refractivity contribution in [1.29, 1.82) is 0 Å². The maximum absolute atomic E-state index is 12.4. The zero-order valence-corrected chi connectivity index (χ0v) is 17.8. The first kappa shape index (κ1) is 21.5. The minimum Gasteiger partial charge on any atom is -0.493 e. The SMILES string of the molecule is COc1cc(/C=C/C(=O)Nc2cc3c(cc2C(C)=O)OCO3)cc(Cl)c1OC(C)C. The Morgan fingerprint density at radius 3 is 2.50 bits per heavy atom. The summed E-state index contributed by atoms with van der Waals surface area (Å²) in [6.45, 7) is 5.26. The van der Waals surface area contributed by atoms with Crippen LogP contribution in [0.3, 0.4) is 0 Å². The lowest BCUT2D eigenvalue weighted by Crippen LogP contribution is -2.11. The second-order valence-electron chi connectivity index (χ2n) is 6.83. The summed E-state index contributed by atoms with van der Waals surface area (Å²) < 4.78 is 21.6. The van der Waals surface area contributed by atoms with Crippen molar-refractivity contribution in [3.05, 3.63) is 46.5 Å². The number of hydrogen-bond acceptors (Lipinski definition) is 6. The van der Waals surface area contributed by atoms with Gasteiger partial charge in [0.15, 0.2) is 28.8 Å². The number of carbonyl (C=O) groups excluding carboxylic acids is 2. The zero-order valence-electron chi connectivity index (χ0n) is 17.1. The van der Waals surface area contributed by atoms with E-state index in [0.29, 0.717) is 44.8 Å². The van der Waals surface area contributed by atoms with E-state index in [2.05, 4.69) is 5.32 Å². The van der Waals surface area contributed by atoms with Crippen molar-refractivity contribution in [2.24, 2.45) is 0 Å². The molecule has 1 N–H and O–H groups in total. The van der Waals surface area contributed by atoms with Crippen LogP contribution in [0.4, 0.5) is 5.69 Å². The Morgan fingerprint density at radius 2 is 1.87 bits per heavy atom. The van der Waals surface area contributed by atoms with E-state index in [1.807, 2.05) is 13.8 Å². The van der Waals surface area contributed by atoms with Crippen LogP contribution in [-0.4, -0.2) is 31.7 Å². The van der Waals surface area contributed by atoms with Crippen LogP contribution in [0.15, 0.2) is 30.3 Å². The molecule has 0 aliphatic carbocycles. The fraction of sp³-hybridized carbons (Fsp3) is 0.273. The molecule has 1 heterocycles. The number of Topliss-reactive ketones (excluding diaryl/α,β-unsaturated/α-hetero) is 1. The van der Waals surface area contributed by atoms with Gasteiger partial charge in [0.2, 0.25) is 12.7 Å². The second-order valence-corrected chi connectivity index (χ2v) is 7.24. The number of fused-ring (bicyclic) bond motifs is 1. The molecule has 2 aromatic carbocycles. The van der Waals surface area contributed by atoms with Crippen LogP contribution < -0.4 is 24.3 Å². The Hall–Kier alpha value is -3.19. The molecule has 0 radical (unpaired) electrons. The molecular weight excluding hydrogens is 410 g/mol. The second kappa shape index (κ2) is 9.09. The number of nitrogens with one attached hydrogen (secondary N) is 1. The lowest BCUT2D eigenvalue weighted by atomic mass is 10.1. The van der Waals surface area contributed by atoms with Crippen molar-refractivity contribution >= 4 is 35.1 Å². The maximum Gasteiger partial charge on any atom is 0.248 e. The van der Waals surface area contributed by atoms with Gasteiger partial charge in [-0.05, 0) is 50.6 Å². The summed E-state index contributed by atoms with van der Waals surface area (Å²) in [4.78, 5) is 24.4. The smallest absolute Gasteiger partial charge is 0.248 e. The fourth-order valence-corrected chi connectivity index (χ4v) is 3.13. The third-order valence-electron chi connectivity index (χ3n) is 4.18. The minimum atomic E-state index is -0.422. The lowest BCUT2D eigenvalue weighted by Gasteiger charge is -2.15. The topological polar surface area (TPSA) is 83.1 Å². The number of ether oxygens (including phenoxy) is 4. The first-order valence-corrected chi connectivity index (χ1v) is 9.64. The van der Waals surface area contributed by atoms with Gasteiger partial charge in [-0.3, -0.25) is 9.59 Å². The molecule has 7 nitrogen and oxygen atoms in total. The summed E-state index contributed by atoms with van der Waals surface area (Å²) in [5.74, 6) is 1.22. The first-order chi connectivity index (χ1) is 14.3. The monoisotopic (exact) mass is 431 g/mol. The normalized spacial score (nSPS) is 12.3. The molecule has 0 saturated carbocycles. The molecule has 0 atom stereocenters. The average molecular weight is 432 g/mol. The Kier molecular flexibility index (Phi) is 6.52. The van der Waals surface area contributed by atoms with Crippen LogP contribution in [0.5, 0.6) is 23.0 Å². The Balaban J connectivity index is 1.80. The molecule has 0 aromatic heterocycles. The highest BCUT2D eigenvalue weighted by atomic mass is 35.5. The predicted molar refractivity (Wildman–Crippen MR) is 114 cm³/mol. The number of ketones is 1. The molecule has 3 rings (SSSR count). The van der Waals surface area contributed by atoms with Crippen molar-refractivity contribution in [2.75, 3.05) is 19.2 Å². The van der Waals surface area contributed by atoms with Crippen molar-refractivity contribution in [3.63, 3.8) is 0 Å². The number of carbonyl (C=O) groups is 2. The van der Waals surface area contributed by atoms with E-state index in [0.717, 1.165) is 0 Å². The van der Waals surface area contributed by atoms with Gasteiger partial charge in [0.25, 0.3) is 0 Å². The Bertz CT molecular complexity index is 1020. The van der Waals surface area contributed by atoms with Crippen LogP contribution in [0.2, 0.25) is 5.02 Å². The summed E-state index contributed by atoms with van der Waals surface area (Å²) in [5, 5.41) is 3.07. The van der Waals surface area contributed by atoms with Gasteiger partial charge in [-0.1, -0.05) is 11.6 Å². The maximum atomic E-state index is 12.4. The Labute approximate surface area is 179 Å². The molecule has 1 aliphatic rings. The molecule has 0 saturated heterocycles. The standard InChI is InChI=1S/C22H22ClNO6/c1-12(2)30-22-16(23)7-14(8-20(22)27-4)5-6-21(26)24-17-10-19-18(28-11-29-19)9-15(17)13(3)25/h5-10,12H,11H2,1-4H3,(H,24,26)/b6-5+. The zero-order chi connectivity index (χ0) is 21.8. The number of amides is 1. The molecule has 0 fully saturated rings. The summed E-state index contributed by atoms with van der Waals surface area (Å²) >= 11 is 6.31. The van der Waals surface area contributed by atoms with Crippen molar-refractivity contribution in [1.82, 2.24) is 0 Å². The quantitative estimate of drug-likeness (QED) is 0.504. The van der Waals surface area contributed by atoms with E-state index in [1.54, 1.807) is 30.3 Å². The van der Waals surface area contributed by atoms with Gasteiger partial charge in [-0.2, -0.15) is 0 Å². The molecule has 0 bridgehead atoms. The molecule has 1 amide bonds. The summed E-state index contributed by atoms with van der Waals surface area (Å²) in [7, 11) is 1.52. The lowest BCUT2D eigenvalue weighted by molar-refractivity contribution is -0.111. The number of rotatable bonds is 7. The molecule has 30 heavy (non-hydrogen) atoms. The highest BCUT2D eigenvalue weighted by Crippen LogP contribution is 2.38.